The number of amides is 1. The van der Waals surface area contributed by atoms with E-state index in [1.54, 1.807) is 6.07 Å². The Morgan fingerprint density at radius 3 is 2.70 bits per heavy atom. The second-order valence-electron chi connectivity index (χ2n) is 4.01. The summed E-state index contributed by atoms with van der Waals surface area (Å²) in [6.07, 6.45) is 0. The van der Waals surface area contributed by atoms with Gasteiger partial charge in [0.15, 0.2) is 0 Å². The van der Waals surface area contributed by atoms with Crippen LogP contribution >= 0.6 is 27.5 Å². The first-order valence-electron chi connectivity index (χ1n) is 5.79. The molecule has 0 spiro atoms. The van der Waals surface area contributed by atoms with Gasteiger partial charge in [-0.05, 0) is 46.3 Å². The minimum absolute atomic E-state index is 0.0150. The van der Waals surface area contributed by atoms with Crippen molar-refractivity contribution < 1.29 is 9.18 Å². The number of nitrogens with one attached hydrogen (secondary N) is 2. The average Bonchev–Trinajstić information content (AvgIpc) is 2.43. The number of hydrogen-bond acceptors (Lipinski definition) is 2. The molecule has 1 amide bonds. The zero-order valence-electron chi connectivity index (χ0n) is 10.3. The van der Waals surface area contributed by atoms with Gasteiger partial charge in [-0.2, -0.15) is 0 Å². The maximum atomic E-state index is 13.0. The summed E-state index contributed by atoms with van der Waals surface area (Å²) in [5.41, 5.74) is 1.27. The molecule has 2 aromatic carbocycles. The Kier molecular flexibility index (Phi) is 4.98. The molecule has 0 aliphatic rings. The Bertz CT molecular complexity index is 636. The van der Waals surface area contributed by atoms with Gasteiger partial charge in [0.1, 0.15) is 5.82 Å². The lowest BCUT2D eigenvalue weighted by molar-refractivity contribution is -0.114. The Morgan fingerprint density at radius 2 is 2.00 bits per heavy atom. The molecular weight excluding hydrogens is 347 g/mol. The van der Waals surface area contributed by atoms with Crippen molar-refractivity contribution in [3.63, 3.8) is 0 Å². The van der Waals surface area contributed by atoms with Gasteiger partial charge in [0, 0.05) is 10.2 Å². The predicted octanol–water partition coefficient (Wildman–Crippen LogP) is 4.29. The molecule has 0 saturated carbocycles. The molecule has 20 heavy (non-hydrogen) atoms. The van der Waals surface area contributed by atoms with Crippen molar-refractivity contribution in [1.29, 1.82) is 0 Å². The lowest BCUT2D eigenvalue weighted by Crippen LogP contribution is -2.21. The van der Waals surface area contributed by atoms with Gasteiger partial charge in [0.25, 0.3) is 0 Å². The largest absolute Gasteiger partial charge is 0.376 e. The second kappa shape index (κ2) is 6.72. The van der Waals surface area contributed by atoms with Gasteiger partial charge in [-0.1, -0.05) is 23.7 Å². The molecule has 104 valence electrons. The fraction of sp³-hybridized carbons (Fsp3) is 0.0714. The van der Waals surface area contributed by atoms with Crippen LogP contribution in [0.25, 0.3) is 0 Å². The highest BCUT2D eigenvalue weighted by molar-refractivity contribution is 9.10. The molecule has 3 nitrogen and oxygen atoms in total. The minimum Gasteiger partial charge on any atom is -0.376 e. The number of carbonyl (C=O) groups is 1. The van der Waals surface area contributed by atoms with Gasteiger partial charge in [-0.15, -0.1) is 0 Å². The van der Waals surface area contributed by atoms with Crippen LogP contribution in [0.5, 0.6) is 0 Å². The SMILES string of the molecule is O=C(CNc1ccc(F)c(Cl)c1)Nc1ccccc1Br. The van der Waals surface area contributed by atoms with Crippen LogP contribution in [-0.2, 0) is 4.79 Å². The summed E-state index contributed by atoms with van der Waals surface area (Å²) >= 11 is 9.00. The van der Waals surface area contributed by atoms with E-state index in [2.05, 4.69) is 26.6 Å². The Balaban J connectivity index is 1.92. The molecule has 2 N–H and O–H groups in total. The maximum Gasteiger partial charge on any atom is 0.243 e. The van der Waals surface area contributed by atoms with E-state index in [9.17, 15) is 9.18 Å². The molecule has 0 fully saturated rings. The van der Waals surface area contributed by atoms with Crippen LogP contribution in [-0.4, -0.2) is 12.5 Å². The van der Waals surface area contributed by atoms with Crippen LogP contribution in [0.4, 0.5) is 15.8 Å². The number of carbonyl (C=O) groups excluding carboxylic acids is 1. The van der Waals surface area contributed by atoms with Gasteiger partial charge in [0.2, 0.25) is 5.91 Å². The van der Waals surface area contributed by atoms with Crippen molar-refractivity contribution in [1.82, 2.24) is 0 Å². The summed E-state index contributed by atoms with van der Waals surface area (Å²) in [6, 6.07) is 11.5. The fourth-order valence-electron chi connectivity index (χ4n) is 1.55. The van der Waals surface area contributed by atoms with Crippen molar-refractivity contribution in [2.24, 2.45) is 0 Å². The first-order chi connectivity index (χ1) is 9.56. The Labute approximate surface area is 129 Å². The summed E-state index contributed by atoms with van der Waals surface area (Å²) in [6.45, 7) is 0.0588. The van der Waals surface area contributed by atoms with Gasteiger partial charge >= 0.3 is 0 Å². The minimum atomic E-state index is -0.491. The Hall–Kier alpha value is -1.59. The van der Waals surface area contributed by atoms with E-state index in [1.807, 2.05) is 18.2 Å². The van der Waals surface area contributed by atoms with E-state index in [1.165, 1.54) is 18.2 Å². The second-order valence-corrected chi connectivity index (χ2v) is 5.27. The molecular formula is C14H11BrClFN2O. The summed E-state index contributed by atoms with van der Waals surface area (Å²) < 4.78 is 13.8. The molecule has 0 bridgehead atoms. The molecule has 0 unspecified atom stereocenters. The highest BCUT2D eigenvalue weighted by Gasteiger charge is 2.06. The molecule has 6 heteroatoms. The van der Waals surface area contributed by atoms with Crippen molar-refractivity contribution in [2.75, 3.05) is 17.2 Å². The van der Waals surface area contributed by atoms with Gasteiger partial charge in [0.05, 0.1) is 17.3 Å². The number of para-hydroxylation sites is 1. The smallest absolute Gasteiger partial charge is 0.243 e. The summed E-state index contributed by atoms with van der Waals surface area (Å²) in [4.78, 5) is 11.8. The molecule has 2 rings (SSSR count). The lowest BCUT2D eigenvalue weighted by atomic mass is 10.3. The van der Waals surface area contributed by atoms with Gasteiger partial charge in [-0.25, -0.2) is 4.39 Å². The van der Waals surface area contributed by atoms with Crippen LogP contribution in [0.2, 0.25) is 5.02 Å². The summed E-state index contributed by atoms with van der Waals surface area (Å²) in [5, 5.41) is 5.64. The maximum absolute atomic E-state index is 13.0. The van der Waals surface area contributed by atoms with Gasteiger partial charge in [-0.3, -0.25) is 4.79 Å². The first kappa shape index (κ1) is 14.8. The average molecular weight is 358 g/mol. The zero-order chi connectivity index (χ0) is 14.5. The Morgan fingerprint density at radius 1 is 1.25 bits per heavy atom. The van der Waals surface area contributed by atoms with E-state index >= 15 is 0 Å². The molecule has 0 heterocycles. The molecule has 0 saturated heterocycles. The van der Waals surface area contributed by atoms with Crippen molar-refractivity contribution in [3.05, 3.63) is 57.8 Å². The zero-order valence-corrected chi connectivity index (χ0v) is 12.6. The number of hydrogen-bond donors (Lipinski definition) is 2. The third-order valence-electron chi connectivity index (χ3n) is 2.52. The highest BCUT2D eigenvalue weighted by Crippen LogP contribution is 2.21. The standard InChI is InChI=1S/C14H11BrClFN2O/c15-10-3-1-2-4-13(10)19-14(20)8-18-9-5-6-12(17)11(16)7-9/h1-7,18H,8H2,(H,19,20). The van der Waals surface area contributed by atoms with E-state index in [4.69, 9.17) is 11.6 Å². The van der Waals surface area contributed by atoms with Gasteiger partial charge < -0.3 is 10.6 Å². The summed E-state index contributed by atoms with van der Waals surface area (Å²) in [7, 11) is 0. The van der Waals surface area contributed by atoms with E-state index in [0.29, 0.717) is 11.4 Å². The highest BCUT2D eigenvalue weighted by atomic mass is 79.9. The van der Waals surface area contributed by atoms with Crippen LogP contribution in [0, 0.1) is 5.82 Å². The van der Waals surface area contributed by atoms with E-state index in [0.717, 1.165) is 4.47 Å². The number of benzene rings is 2. The molecule has 0 radical (unpaired) electrons. The quantitative estimate of drug-likeness (QED) is 0.857. The molecule has 0 atom stereocenters. The van der Waals surface area contributed by atoms with Crippen LogP contribution in [0.1, 0.15) is 0 Å². The van der Waals surface area contributed by atoms with E-state index < -0.39 is 5.82 Å². The molecule has 2 aromatic rings. The molecule has 0 aliphatic carbocycles. The van der Waals surface area contributed by atoms with Crippen molar-refractivity contribution >= 4 is 44.8 Å². The normalized spacial score (nSPS) is 10.2. The van der Waals surface area contributed by atoms with Crippen LogP contribution in [0.15, 0.2) is 46.9 Å². The summed E-state index contributed by atoms with van der Waals surface area (Å²) in [5.74, 6) is -0.702. The lowest BCUT2D eigenvalue weighted by Gasteiger charge is -2.09. The van der Waals surface area contributed by atoms with E-state index in [-0.39, 0.29) is 17.5 Å². The third kappa shape index (κ3) is 3.95. The number of rotatable bonds is 4. The van der Waals surface area contributed by atoms with Crippen LogP contribution < -0.4 is 10.6 Å². The van der Waals surface area contributed by atoms with Crippen molar-refractivity contribution in [3.8, 4) is 0 Å². The molecule has 0 aliphatic heterocycles. The fourth-order valence-corrected chi connectivity index (χ4v) is 2.11. The predicted molar refractivity (Wildman–Crippen MR) is 82.7 cm³/mol. The topological polar surface area (TPSA) is 41.1 Å². The van der Waals surface area contributed by atoms with Crippen LogP contribution in [0.3, 0.4) is 0 Å². The third-order valence-corrected chi connectivity index (χ3v) is 3.50. The van der Waals surface area contributed by atoms with Crippen molar-refractivity contribution in [2.45, 2.75) is 0 Å². The first-order valence-corrected chi connectivity index (χ1v) is 6.96. The monoisotopic (exact) mass is 356 g/mol. The molecule has 0 aromatic heterocycles. The number of anilines is 2. The number of halogens is 3.